The quantitative estimate of drug-likeness (QED) is 0.700. The van der Waals surface area contributed by atoms with Crippen LogP contribution in [0.25, 0.3) is 0 Å². The molecule has 13 heavy (non-hydrogen) atoms. The molecule has 0 aromatic heterocycles. The summed E-state index contributed by atoms with van der Waals surface area (Å²) < 4.78 is 0. The Morgan fingerprint density at radius 1 is 1.46 bits per heavy atom. The van der Waals surface area contributed by atoms with Gasteiger partial charge in [0.2, 0.25) is 0 Å². The van der Waals surface area contributed by atoms with Crippen LogP contribution in [0.1, 0.15) is 39.0 Å². The zero-order chi connectivity index (χ0) is 9.68. The van der Waals surface area contributed by atoms with E-state index in [-0.39, 0.29) is 0 Å². The third kappa shape index (κ3) is 3.77. The first-order valence-corrected chi connectivity index (χ1v) is 5.16. The first-order valence-electron chi connectivity index (χ1n) is 5.16. The van der Waals surface area contributed by atoms with E-state index in [1.54, 1.807) is 6.92 Å². The van der Waals surface area contributed by atoms with Crippen LogP contribution in [-0.2, 0) is 4.79 Å². The molecule has 0 amide bonds. The minimum Gasteiger partial charge on any atom is -0.480 e. The lowest BCUT2D eigenvalue weighted by atomic mass is 9.89. The van der Waals surface area contributed by atoms with Crippen LogP contribution in [0.3, 0.4) is 0 Å². The maximum Gasteiger partial charge on any atom is 0.320 e. The number of aliphatic carboxylic acids is 1. The Labute approximate surface area is 79.5 Å². The maximum atomic E-state index is 10.5. The van der Waals surface area contributed by atoms with Crippen LogP contribution in [-0.4, -0.2) is 23.7 Å². The zero-order valence-corrected chi connectivity index (χ0v) is 8.25. The lowest BCUT2D eigenvalue weighted by Gasteiger charge is -2.22. The van der Waals surface area contributed by atoms with Crippen LogP contribution in [0, 0.1) is 5.92 Å². The Bertz CT molecular complexity index is 164. The van der Waals surface area contributed by atoms with Gasteiger partial charge in [0.05, 0.1) is 0 Å². The Kier molecular flexibility index (Phi) is 4.22. The molecule has 1 fully saturated rings. The van der Waals surface area contributed by atoms with Gasteiger partial charge >= 0.3 is 5.97 Å². The predicted molar refractivity (Wildman–Crippen MR) is 51.7 cm³/mol. The van der Waals surface area contributed by atoms with E-state index in [1.165, 1.54) is 32.1 Å². The molecule has 0 radical (unpaired) electrons. The smallest absolute Gasteiger partial charge is 0.320 e. The molecule has 0 saturated heterocycles. The summed E-state index contributed by atoms with van der Waals surface area (Å²) in [6.07, 6.45) is 6.51. The summed E-state index contributed by atoms with van der Waals surface area (Å²) in [7, 11) is 0. The van der Waals surface area contributed by atoms with Crippen LogP contribution in [0.4, 0.5) is 0 Å². The van der Waals surface area contributed by atoms with Gasteiger partial charge in [0, 0.05) is 0 Å². The number of hydrogen-bond acceptors (Lipinski definition) is 2. The Morgan fingerprint density at radius 2 is 2.08 bits per heavy atom. The van der Waals surface area contributed by atoms with Crippen molar-refractivity contribution in [1.82, 2.24) is 5.32 Å². The zero-order valence-electron chi connectivity index (χ0n) is 8.25. The van der Waals surface area contributed by atoms with Crippen LogP contribution in [0.5, 0.6) is 0 Å². The average Bonchev–Trinajstić information content (AvgIpc) is 2.15. The van der Waals surface area contributed by atoms with Crippen molar-refractivity contribution in [1.29, 1.82) is 0 Å². The maximum absolute atomic E-state index is 10.5. The molecule has 0 aromatic carbocycles. The molecule has 3 nitrogen and oxygen atoms in total. The van der Waals surface area contributed by atoms with Gasteiger partial charge in [-0.15, -0.1) is 0 Å². The molecule has 0 aromatic rings. The highest BCUT2D eigenvalue weighted by molar-refractivity contribution is 5.72. The molecular formula is C10H19NO2. The van der Waals surface area contributed by atoms with Gasteiger partial charge in [-0.3, -0.25) is 4.79 Å². The molecule has 1 unspecified atom stereocenters. The fourth-order valence-corrected chi connectivity index (χ4v) is 1.82. The Hall–Kier alpha value is -0.570. The second kappa shape index (κ2) is 5.22. The van der Waals surface area contributed by atoms with Crippen molar-refractivity contribution in [2.75, 3.05) is 6.54 Å². The minimum atomic E-state index is -0.754. The Balaban J connectivity index is 2.13. The number of carboxylic acid groups (broad SMARTS) is 1. The summed E-state index contributed by atoms with van der Waals surface area (Å²) in [5.74, 6) is -0.0497. The summed E-state index contributed by atoms with van der Waals surface area (Å²) in [5, 5.41) is 11.7. The summed E-state index contributed by atoms with van der Waals surface area (Å²) >= 11 is 0. The van der Waals surface area contributed by atoms with Crippen LogP contribution < -0.4 is 5.32 Å². The van der Waals surface area contributed by atoms with Crippen LogP contribution in [0.15, 0.2) is 0 Å². The number of hydrogen-bond donors (Lipinski definition) is 2. The van der Waals surface area contributed by atoms with Crippen molar-refractivity contribution in [2.45, 2.75) is 45.1 Å². The molecule has 3 heteroatoms. The molecule has 1 aliphatic carbocycles. The normalized spacial score (nSPS) is 21.3. The largest absolute Gasteiger partial charge is 0.480 e. The predicted octanol–water partition coefficient (Wildman–Crippen LogP) is 1.63. The van der Waals surface area contributed by atoms with Crippen molar-refractivity contribution in [3.63, 3.8) is 0 Å². The average molecular weight is 185 g/mol. The summed E-state index contributed by atoms with van der Waals surface area (Å²) in [5.41, 5.74) is 0. The van der Waals surface area contributed by atoms with Gasteiger partial charge in [-0.1, -0.05) is 19.3 Å². The SMILES string of the molecule is CC(NCC1CCCCC1)C(=O)O. The molecule has 1 atom stereocenters. The van der Waals surface area contributed by atoms with Gasteiger partial charge < -0.3 is 10.4 Å². The van der Waals surface area contributed by atoms with E-state index in [0.29, 0.717) is 5.92 Å². The fourth-order valence-electron chi connectivity index (χ4n) is 1.82. The van der Waals surface area contributed by atoms with Crippen molar-refractivity contribution in [3.05, 3.63) is 0 Å². The summed E-state index contributed by atoms with van der Waals surface area (Å²) in [6, 6.07) is -0.401. The fraction of sp³-hybridized carbons (Fsp3) is 0.900. The lowest BCUT2D eigenvalue weighted by molar-refractivity contribution is -0.139. The van der Waals surface area contributed by atoms with E-state index in [9.17, 15) is 4.79 Å². The van der Waals surface area contributed by atoms with Crippen molar-refractivity contribution >= 4 is 5.97 Å². The number of carboxylic acids is 1. The summed E-state index contributed by atoms with van der Waals surface area (Å²) in [6.45, 7) is 2.57. The van der Waals surface area contributed by atoms with Gasteiger partial charge in [0.25, 0.3) is 0 Å². The molecule has 1 aliphatic rings. The van der Waals surface area contributed by atoms with Crippen molar-refractivity contribution in [3.8, 4) is 0 Å². The molecule has 0 bridgehead atoms. The molecule has 2 N–H and O–H groups in total. The van der Waals surface area contributed by atoms with E-state index >= 15 is 0 Å². The number of carbonyl (C=O) groups is 1. The molecule has 0 heterocycles. The molecule has 0 spiro atoms. The molecular weight excluding hydrogens is 166 g/mol. The van der Waals surface area contributed by atoms with Crippen LogP contribution in [0.2, 0.25) is 0 Å². The third-order valence-corrected chi connectivity index (χ3v) is 2.81. The van der Waals surface area contributed by atoms with Gasteiger partial charge in [-0.05, 0) is 32.2 Å². The minimum absolute atomic E-state index is 0.401. The van der Waals surface area contributed by atoms with Gasteiger partial charge in [0.1, 0.15) is 6.04 Å². The molecule has 76 valence electrons. The van der Waals surface area contributed by atoms with Gasteiger partial charge in [-0.2, -0.15) is 0 Å². The van der Waals surface area contributed by atoms with E-state index in [2.05, 4.69) is 5.32 Å². The molecule has 1 saturated carbocycles. The monoisotopic (exact) mass is 185 g/mol. The standard InChI is InChI=1S/C10H19NO2/c1-8(10(12)13)11-7-9-5-3-2-4-6-9/h8-9,11H,2-7H2,1H3,(H,12,13). The van der Waals surface area contributed by atoms with Gasteiger partial charge in [0.15, 0.2) is 0 Å². The first kappa shape index (κ1) is 10.5. The van der Waals surface area contributed by atoms with E-state index in [0.717, 1.165) is 6.54 Å². The summed E-state index contributed by atoms with van der Waals surface area (Å²) in [4.78, 5) is 10.5. The molecule has 0 aliphatic heterocycles. The molecule has 1 rings (SSSR count). The first-order chi connectivity index (χ1) is 6.20. The second-order valence-electron chi connectivity index (χ2n) is 3.97. The topological polar surface area (TPSA) is 49.3 Å². The lowest BCUT2D eigenvalue weighted by Crippen LogP contribution is -2.37. The van der Waals surface area contributed by atoms with E-state index < -0.39 is 12.0 Å². The second-order valence-corrected chi connectivity index (χ2v) is 3.97. The Morgan fingerprint density at radius 3 is 2.62 bits per heavy atom. The van der Waals surface area contributed by atoms with Crippen molar-refractivity contribution < 1.29 is 9.90 Å². The highest BCUT2D eigenvalue weighted by Gasteiger charge is 2.16. The van der Waals surface area contributed by atoms with Crippen molar-refractivity contribution in [2.24, 2.45) is 5.92 Å². The van der Waals surface area contributed by atoms with E-state index in [1.807, 2.05) is 0 Å². The van der Waals surface area contributed by atoms with Gasteiger partial charge in [-0.25, -0.2) is 0 Å². The third-order valence-electron chi connectivity index (χ3n) is 2.81. The highest BCUT2D eigenvalue weighted by atomic mass is 16.4. The number of rotatable bonds is 4. The van der Waals surface area contributed by atoms with E-state index in [4.69, 9.17) is 5.11 Å². The highest BCUT2D eigenvalue weighted by Crippen LogP contribution is 2.22. The number of nitrogens with one attached hydrogen (secondary N) is 1. The van der Waals surface area contributed by atoms with Crippen LogP contribution >= 0.6 is 0 Å².